The van der Waals surface area contributed by atoms with E-state index in [1.807, 2.05) is 30.3 Å². The van der Waals surface area contributed by atoms with Gasteiger partial charge in [0, 0.05) is 12.6 Å². The van der Waals surface area contributed by atoms with Crippen LogP contribution in [0.25, 0.3) is 0 Å². The number of hydrogen-bond acceptors (Lipinski definition) is 2. The van der Waals surface area contributed by atoms with E-state index in [1.165, 1.54) is 0 Å². The Morgan fingerprint density at radius 2 is 1.90 bits per heavy atom. The average molecular weight is 297 g/mol. The standard InChI is InChI=1S/C16H24N2O.ClH/c1-2-12-18(15-8-10-17-11-9-15)16(19)13-14-6-4-3-5-7-14;/h3-7,15,17H,2,8-13H2,1H3;1H. The molecule has 0 aliphatic carbocycles. The summed E-state index contributed by atoms with van der Waals surface area (Å²) in [4.78, 5) is 14.6. The van der Waals surface area contributed by atoms with Crippen molar-refractivity contribution in [2.75, 3.05) is 19.6 Å². The molecule has 1 aromatic rings. The van der Waals surface area contributed by atoms with Crippen molar-refractivity contribution in [1.82, 2.24) is 10.2 Å². The minimum Gasteiger partial charge on any atom is -0.339 e. The molecule has 0 bridgehead atoms. The maximum Gasteiger partial charge on any atom is 0.227 e. The van der Waals surface area contributed by atoms with E-state index >= 15 is 0 Å². The van der Waals surface area contributed by atoms with E-state index in [9.17, 15) is 4.79 Å². The number of benzene rings is 1. The number of carbonyl (C=O) groups excluding carboxylic acids is 1. The maximum atomic E-state index is 12.5. The Balaban J connectivity index is 0.00000200. The van der Waals surface area contributed by atoms with Crippen LogP contribution >= 0.6 is 12.4 Å². The van der Waals surface area contributed by atoms with E-state index in [0.29, 0.717) is 12.5 Å². The molecule has 1 fully saturated rings. The Morgan fingerprint density at radius 1 is 1.25 bits per heavy atom. The van der Waals surface area contributed by atoms with Gasteiger partial charge in [0.2, 0.25) is 5.91 Å². The highest BCUT2D eigenvalue weighted by atomic mass is 35.5. The molecule has 20 heavy (non-hydrogen) atoms. The summed E-state index contributed by atoms with van der Waals surface area (Å²) in [6, 6.07) is 10.5. The Bertz CT molecular complexity index is 391. The third-order valence-corrected chi connectivity index (χ3v) is 3.73. The zero-order valence-electron chi connectivity index (χ0n) is 12.2. The maximum absolute atomic E-state index is 12.5. The molecule has 1 aliphatic rings. The lowest BCUT2D eigenvalue weighted by Gasteiger charge is -2.34. The van der Waals surface area contributed by atoms with Crippen LogP contribution in [0, 0.1) is 0 Å². The van der Waals surface area contributed by atoms with Crippen LogP contribution in [0.1, 0.15) is 31.7 Å². The molecule has 1 aromatic carbocycles. The van der Waals surface area contributed by atoms with Gasteiger partial charge in [-0.3, -0.25) is 4.79 Å². The van der Waals surface area contributed by atoms with Gasteiger partial charge < -0.3 is 10.2 Å². The highest BCUT2D eigenvalue weighted by molar-refractivity contribution is 5.85. The molecule has 1 saturated heterocycles. The topological polar surface area (TPSA) is 32.3 Å². The van der Waals surface area contributed by atoms with Crippen molar-refractivity contribution in [3.8, 4) is 0 Å². The molecule has 112 valence electrons. The lowest BCUT2D eigenvalue weighted by Crippen LogP contribution is -2.47. The first-order valence-electron chi connectivity index (χ1n) is 7.35. The number of halogens is 1. The SMILES string of the molecule is CCCN(C(=O)Cc1ccccc1)C1CCNCC1.Cl. The van der Waals surface area contributed by atoms with Gasteiger partial charge in [-0.15, -0.1) is 12.4 Å². The van der Waals surface area contributed by atoms with Crippen molar-refractivity contribution < 1.29 is 4.79 Å². The molecule has 3 nitrogen and oxygen atoms in total. The highest BCUT2D eigenvalue weighted by Crippen LogP contribution is 2.14. The fraction of sp³-hybridized carbons (Fsp3) is 0.562. The van der Waals surface area contributed by atoms with Crippen LogP contribution in [0.4, 0.5) is 0 Å². The average Bonchev–Trinajstić information content (AvgIpc) is 2.46. The van der Waals surface area contributed by atoms with Crippen LogP contribution < -0.4 is 5.32 Å². The van der Waals surface area contributed by atoms with Crippen molar-refractivity contribution >= 4 is 18.3 Å². The van der Waals surface area contributed by atoms with Crippen LogP contribution in [0.5, 0.6) is 0 Å². The summed E-state index contributed by atoms with van der Waals surface area (Å²) in [6.07, 6.45) is 3.73. The minimum atomic E-state index is 0. The van der Waals surface area contributed by atoms with Crippen LogP contribution in [0.2, 0.25) is 0 Å². The predicted octanol–water partition coefficient (Wildman–Crippen LogP) is 2.64. The van der Waals surface area contributed by atoms with Gasteiger partial charge in [-0.1, -0.05) is 37.3 Å². The molecular weight excluding hydrogens is 272 g/mol. The summed E-state index contributed by atoms with van der Waals surface area (Å²) < 4.78 is 0. The molecule has 0 atom stereocenters. The van der Waals surface area contributed by atoms with E-state index in [2.05, 4.69) is 17.1 Å². The fourth-order valence-electron chi connectivity index (χ4n) is 2.74. The van der Waals surface area contributed by atoms with Gasteiger partial charge in [-0.25, -0.2) is 0 Å². The summed E-state index contributed by atoms with van der Waals surface area (Å²) in [5, 5.41) is 3.36. The number of carbonyl (C=O) groups is 1. The summed E-state index contributed by atoms with van der Waals surface area (Å²) in [5.74, 6) is 0.278. The molecule has 1 heterocycles. The molecule has 0 unspecified atom stereocenters. The Labute approximate surface area is 128 Å². The number of nitrogens with one attached hydrogen (secondary N) is 1. The zero-order valence-corrected chi connectivity index (χ0v) is 13.0. The van der Waals surface area contributed by atoms with Gasteiger partial charge in [-0.05, 0) is 37.9 Å². The number of nitrogens with zero attached hydrogens (tertiary/aromatic N) is 1. The van der Waals surface area contributed by atoms with E-state index in [1.54, 1.807) is 0 Å². The largest absolute Gasteiger partial charge is 0.339 e. The summed E-state index contributed by atoms with van der Waals surface area (Å²) in [5.41, 5.74) is 1.11. The van der Waals surface area contributed by atoms with Crippen molar-refractivity contribution in [2.45, 2.75) is 38.6 Å². The van der Waals surface area contributed by atoms with Gasteiger partial charge >= 0.3 is 0 Å². The molecule has 4 heteroatoms. The van der Waals surface area contributed by atoms with Crippen molar-refractivity contribution in [3.05, 3.63) is 35.9 Å². The van der Waals surface area contributed by atoms with Crippen molar-refractivity contribution in [3.63, 3.8) is 0 Å². The Kier molecular flexibility index (Phi) is 7.63. The predicted molar refractivity (Wildman–Crippen MR) is 85.3 cm³/mol. The molecule has 0 aromatic heterocycles. The van der Waals surface area contributed by atoms with E-state index in [-0.39, 0.29) is 18.3 Å². The molecule has 0 spiro atoms. The van der Waals surface area contributed by atoms with E-state index in [0.717, 1.165) is 44.5 Å². The van der Waals surface area contributed by atoms with Crippen LogP contribution in [-0.2, 0) is 11.2 Å². The number of rotatable bonds is 5. The molecule has 0 radical (unpaired) electrons. The third kappa shape index (κ3) is 4.80. The number of hydrogen-bond donors (Lipinski definition) is 1. The summed E-state index contributed by atoms with van der Waals surface area (Å²) in [7, 11) is 0. The fourth-order valence-corrected chi connectivity index (χ4v) is 2.74. The monoisotopic (exact) mass is 296 g/mol. The number of amides is 1. The third-order valence-electron chi connectivity index (χ3n) is 3.73. The summed E-state index contributed by atoms with van der Waals surface area (Å²) in [6.45, 7) is 5.09. The first-order chi connectivity index (χ1) is 9.31. The van der Waals surface area contributed by atoms with Crippen LogP contribution in [-0.4, -0.2) is 36.5 Å². The smallest absolute Gasteiger partial charge is 0.227 e. The minimum absolute atomic E-state index is 0. The van der Waals surface area contributed by atoms with Gasteiger partial charge in [-0.2, -0.15) is 0 Å². The molecule has 1 aliphatic heterocycles. The molecular formula is C16H25ClN2O. The normalized spacial score (nSPS) is 15.4. The van der Waals surface area contributed by atoms with Crippen molar-refractivity contribution in [2.24, 2.45) is 0 Å². The summed E-state index contributed by atoms with van der Waals surface area (Å²) >= 11 is 0. The van der Waals surface area contributed by atoms with Crippen LogP contribution in [0.15, 0.2) is 30.3 Å². The quantitative estimate of drug-likeness (QED) is 0.906. The van der Waals surface area contributed by atoms with Gasteiger partial charge in [0.05, 0.1) is 6.42 Å². The second-order valence-corrected chi connectivity index (χ2v) is 5.23. The van der Waals surface area contributed by atoms with E-state index < -0.39 is 0 Å². The lowest BCUT2D eigenvalue weighted by atomic mass is 10.0. The Hall–Kier alpha value is -1.06. The highest BCUT2D eigenvalue weighted by Gasteiger charge is 2.24. The second-order valence-electron chi connectivity index (χ2n) is 5.23. The first-order valence-corrected chi connectivity index (χ1v) is 7.35. The van der Waals surface area contributed by atoms with E-state index in [4.69, 9.17) is 0 Å². The van der Waals surface area contributed by atoms with Crippen LogP contribution in [0.3, 0.4) is 0 Å². The van der Waals surface area contributed by atoms with Gasteiger partial charge in [0.15, 0.2) is 0 Å². The zero-order chi connectivity index (χ0) is 13.5. The molecule has 0 saturated carbocycles. The van der Waals surface area contributed by atoms with Gasteiger partial charge in [0.25, 0.3) is 0 Å². The Morgan fingerprint density at radius 3 is 2.50 bits per heavy atom. The number of piperidine rings is 1. The van der Waals surface area contributed by atoms with Gasteiger partial charge in [0.1, 0.15) is 0 Å². The van der Waals surface area contributed by atoms with Crippen molar-refractivity contribution in [1.29, 1.82) is 0 Å². The first kappa shape index (κ1) is 17.0. The lowest BCUT2D eigenvalue weighted by molar-refractivity contribution is -0.133. The second kappa shape index (κ2) is 8.98. The molecule has 2 rings (SSSR count). The molecule has 1 N–H and O–H groups in total. The molecule has 1 amide bonds.